The second-order valence-corrected chi connectivity index (χ2v) is 6.89. The van der Waals surface area contributed by atoms with Crippen molar-refractivity contribution in [3.8, 4) is 0 Å². The number of anilines is 1. The van der Waals surface area contributed by atoms with Crippen LogP contribution in [0.25, 0.3) is 0 Å². The van der Waals surface area contributed by atoms with Crippen LogP contribution in [0.1, 0.15) is 27.9 Å². The van der Waals surface area contributed by atoms with Crippen LogP contribution in [-0.4, -0.2) is 41.3 Å². The molecule has 0 aromatic heterocycles. The van der Waals surface area contributed by atoms with Gasteiger partial charge in [-0.05, 0) is 42.3 Å². The molecule has 3 amide bonds. The van der Waals surface area contributed by atoms with Crippen LogP contribution in [0.4, 0.5) is 28.0 Å². The summed E-state index contributed by atoms with van der Waals surface area (Å²) in [6.45, 7) is -0.0381. The molecule has 10 heteroatoms. The quantitative estimate of drug-likeness (QED) is 0.442. The number of rotatable bonds is 4. The standard InChI is InChI=1S/C20H19F4N3O3/c21-16-8-9-26(12-16)19(29)27(17-3-1-2-15(10-17)20(22,23)24)11-13-4-6-14(7-5-13)18(28)25-30/h1-7,10,16,30H,8-9,11-12H2,(H,25,28)/t16-/m0/s1. The van der Waals surface area contributed by atoms with Gasteiger partial charge in [-0.15, -0.1) is 0 Å². The summed E-state index contributed by atoms with van der Waals surface area (Å²) in [4.78, 5) is 26.8. The van der Waals surface area contributed by atoms with E-state index in [1.807, 2.05) is 0 Å². The molecule has 0 unspecified atom stereocenters. The van der Waals surface area contributed by atoms with E-state index in [4.69, 9.17) is 5.21 Å². The van der Waals surface area contributed by atoms with E-state index in [1.165, 1.54) is 46.8 Å². The van der Waals surface area contributed by atoms with Gasteiger partial charge in [-0.3, -0.25) is 14.9 Å². The maximum Gasteiger partial charge on any atom is 0.416 e. The Kier molecular flexibility index (Phi) is 6.25. The summed E-state index contributed by atoms with van der Waals surface area (Å²) in [5, 5.41) is 8.68. The van der Waals surface area contributed by atoms with E-state index in [-0.39, 0.29) is 37.3 Å². The molecule has 1 saturated heterocycles. The summed E-state index contributed by atoms with van der Waals surface area (Å²) in [5.41, 5.74) is 1.31. The summed E-state index contributed by atoms with van der Waals surface area (Å²) in [5.74, 6) is -0.724. The van der Waals surface area contributed by atoms with Crippen LogP contribution in [0, 0.1) is 0 Å². The number of halogens is 4. The van der Waals surface area contributed by atoms with Gasteiger partial charge in [0.1, 0.15) is 6.17 Å². The first-order valence-electron chi connectivity index (χ1n) is 9.10. The molecule has 0 spiro atoms. The number of carbonyl (C=O) groups is 2. The number of amides is 3. The SMILES string of the molecule is O=C(NO)c1ccc(CN(C(=O)N2CC[C@H](F)C2)c2cccc(C(F)(F)F)c2)cc1. The highest BCUT2D eigenvalue weighted by Gasteiger charge is 2.33. The smallest absolute Gasteiger partial charge is 0.321 e. The van der Waals surface area contributed by atoms with Crippen LogP contribution < -0.4 is 10.4 Å². The lowest BCUT2D eigenvalue weighted by molar-refractivity contribution is -0.137. The van der Waals surface area contributed by atoms with Gasteiger partial charge in [-0.25, -0.2) is 14.7 Å². The number of hydroxylamine groups is 1. The van der Waals surface area contributed by atoms with E-state index in [1.54, 1.807) is 0 Å². The second-order valence-electron chi connectivity index (χ2n) is 6.89. The first kappa shape index (κ1) is 21.6. The van der Waals surface area contributed by atoms with Gasteiger partial charge in [0.25, 0.3) is 5.91 Å². The number of benzene rings is 2. The summed E-state index contributed by atoms with van der Waals surface area (Å²) >= 11 is 0. The number of alkyl halides is 4. The van der Waals surface area contributed by atoms with Crippen LogP contribution in [0.5, 0.6) is 0 Å². The molecule has 1 heterocycles. The van der Waals surface area contributed by atoms with Crippen LogP contribution in [0.3, 0.4) is 0 Å². The molecule has 0 saturated carbocycles. The first-order valence-corrected chi connectivity index (χ1v) is 9.10. The lowest BCUT2D eigenvalue weighted by Crippen LogP contribution is -2.42. The van der Waals surface area contributed by atoms with Gasteiger partial charge in [-0.1, -0.05) is 18.2 Å². The second kappa shape index (κ2) is 8.70. The third-order valence-corrected chi connectivity index (χ3v) is 4.78. The number of urea groups is 1. The van der Waals surface area contributed by atoms with Crippen molar-refractivity contribution >= 4 is 17.6 Å². The Balaban J connectivity index is 1.92. The minimum Gasteiger partial charge on any atom is -0.321 e. The molecule has 0 aliphatic carbocycles. The summed E-state index contributed by atoms with van der Waals surface area (Å²) in [6, 6.07) is 9.59. The van der Waals surface area contributed by atoms with Gasteiger partial charge in [0, 0.05) is 17.8 Å². The average molecular weight is 425 g/mol. The molecular formula is C20H19F4N3O3. The maximum atomic E-state index is 13.6. The molecular weight excluding hydrogens is 406 g/mol. The Morgan fingerprint density at radius 1 is 1.17 bits per heavy atom. The van der Waals surface area contributed by atoms with Crippen molar-refractivity contribution in [2.75, 3.05) is 18.0 Å². The molecule has 0 radical (unpaired) electrons. The molecule has 1 atom stereocenters. The van der Waals surface area contributed by atoms with Gasteiger partial charge in [0.15, 0.2) is 0 Å². The first-order chi connectivity index (χ1) is 14.2. The molecule has 3 rings (SSSR count). The van der Waals surface area contributed by atoms with Gasteiger partial charge in [0.2, 0.25) is 0 Å². The van der Waals surface area contributed by atoms with Crippen LogP contribution in [0.2, 0.25) is 0 Å². The van der Waals surface area contributed by atoms with E-state index in [0.717, 1.165) is 17.0 Å². The van der Waals surface area contributed by atoms with Gasteiger partial charge >= 0.3 is 12.2 Å². The number of nitrogens with one attached hydrogen (secondary N) is 1. The van der Waals surface area contributed by atoms with Crippen LogP contribution in [-0.2, 0) is 12.7 Å². The third kappa shape index (κ3) is 4.88. The molecule has 1 fully saturated rings. The predicted molar refractivity (Wildman–Crippen MR) is 99.8 cm³/mol. The Labute approximate surface area is 169 Å². The summed E-state index contributed by atoms with van der Waals surface area (Å²) in [7, 11) is 0. The third-order valence-electron chi connectivity index (χ3n) is 4.78. The fourth-order valence-electron chi connectivity index (χ4n) is 3.19. The topological polar surface area (TPSA) is 72.9 Å². The van der Waals surface area contributed by atoms with Gasteiger partial charge in [-0.2, -0.15) is 13.2 Å². The highest BCUT2D eigenvalue weighted by molar-refractivity contribution is 5.94. The van der Waals surface area contributed by atoms with Crippen molar-refractivity contribution in [3.05, 3.63) is 65.2 Å². The molecule has 2 N–H and O–H groups in total. The highest BCUT2D eigenvalue weighted by atomic mass is 19.4. The van der Waals surface area contributed by atoms with E-state index in [2.05, 4.69) is 0 Å². The van der Waals surface area contributed by atoms with E-state index in [9.17, 15) is 27.2 Å². The monoisotopic (exact) mass is 425 g/mol. The van der Waals surface area contributed by atoms with E-state index < -0.39 is 29.8 Å². The van der Waals surface area contributed by atoms with Crippen LogP contribution >= 0.6 is 0 Å². The number of hydrogen-bond donors (Lipinski definition) is 2. The Morgan fingerprint density at radius 2 is 1.87 bits per heavy atom. The molecule has 2 aromatic rings. The number of nitrogens with zero attached hydrogens (tertiary/aromatic N) is 2. The summed E-state index contributed by atoms with van der Waals surface area (Å²) < 4.78 is 53.0. The lowest BCUT2D eigenvalue weighted by atomic mass is 10.1. The van der Waals surface area contributed by atoms with E-state index >= 15 is 0 Å². The predicted octanol–water partition coefficient (Wildman–Crippen LogP) is 3.99. The highest BCUT2D eigenvalue weighted by Crippen LogP contribution is 2.32. The minimum atomic E-state index is -4.58. The fraction of sp³-hybridized carbons (Fsp3) is 0.300. The number of likely N-dealkylation sites (tertiary alicyclic amines) is 1. The molecule has 1 aliphatic rings. The number of carbonyl (C=O) groups excluding carboxylic acids is 2. The summed E-state index contributed by atoms with van der Waals surface area (Å²) in [6.07, 6.45) is -5.58. The minimum absolute atomic E-state index is 0.0225. The molecule has 160 valence electrons. The molecule has 2 aromatic carbocycles. The normalized spacial score (nSPS) is 16.4. The fourth-order valence-corrected chi connectivity index (χ4v) is 3.19. The Bertz CT molecular complexity index is 918. The van der Waals surface area contributed by atoms with Crippen molar-refractivity contribution in [2.24, 2.45) is 0 Å². The van der Waals surface area contributed by atoms with E-state index in [0.29, 0.717) is 5.56 Å². The van der Waals surface area contributed by atoms with Crippen molar-refractivity contribution in [3.63, 3.8) is 0 Å². The molecule has 0 bridgehead atoms. The maximum absolute atomic E-state index is 13.6. The van der Waals surface area contributed by atoms with Crippen molar-refractivity contribution in [1.82, 2.24) is 10.4 Å². The number of hydrogen-bond acceptors (Lipinski definition) is 3. The lowest BCUT2D eigenvalue weighted by Gasteiger charge is -2.28. The molecule has 30 heavy (non-hydrogen) atoms. The zero-order valence-electron chi connectivity index (χ0n) is 15.7. The van der Waals surface area contributed by atoms with Crippen molar-refractivity contribution in [2.45, 2.75) is 25.3 Å². The molecule has 1 aliphatic heterocycles. The van der Waals surface area contributed by atoms with Gasteiger partial charge < -0.3 is 4.90 Å². The average Bonchev–Trinajstić information content (AvgIpc) is 3.17. The van der Waals surface area contributed by atoms with Gasteiger partial charge in [0.05, 0.1) is 18.7 Å². The largest absolute Gasteiger partial charge is 0.416 e. The Hall–Kier alpha value is -3.14. The van der Waals surface area contributed by atoms with Crippen molar-refractivity contribution in [1.29, 1.82) is 0 Å². The molecule has 6 nitrogen and oxygen atoms in total. The van der Waals surface area contributed by atoms with Crippen LogP contribution in [0.15, 0.2) is 48.5 Å². The Morgan fingerprint density at radius 3 is 2.43 bits per heavy atom. The zero-order valence-corrected chi connectivity index (χ0v) is 15.7. The zero-order chi connectivity index (χ0) is 21.9. The van der Waals surface area contributed by atoms with Crippen molar-refractivity contribution < 1.29 is 32.4 Å².